The molecule has 8 heteroatoms. The highest BCUT2D eigenvalue weighted by molar-refractivity contribution is 5.78. The van der Waals surface area contributed by atoms with E-state index in [0.29, 0.717) is 22.4 Å². The summed E-state index contributed by atoms with van der Waals surface area (Å²) in [5, 5.41) is 27.6. The van der Waals surface area contributed by atoms with E-state index >= 15 is 0 Å². The van der Waals surface area contributed by atoms with Crippen molar-refractivity contribution in [3.63, 3.8) is 0 Å². The first-order valence-electron chi connectivity index (χ1n) is 7.97. The van der Waals surface area contributed by atoms with Gasteiger partial charge in [-0.2, -0.15) is 0 Å². The molecule has 0 amide bonds. The highest BCUT2D eigenvalue weighted by Gasteiger charge is 2.31. The SMILES string of the molecule is NC(c1[nH]cc(CCC(=O)O)c1CC(=O)O)C(C(=O)O)c1ccccc1. The first kappa shape index (κ1) is 19.2. The van der Waals surface area contributed by atoms with Crippen molar-refractivity contribution in [2.45, 2.75) is 31.2 Å². The van der Waals surface area contributed by atoms with Gasteiger partial charge in [0.1, 0.15) is 5.92 Å². The Balaban J connectivity index is 2.42. The summed E-state index contributed by atoms with van der Waals surface area (Å²) < 4.78 is 0. The zero-order chi connectivity index (χ0) is 19.3. The van der Waals surface area contributed by atoms with Crippen LogP contribution in [0.25, 0.3) is 0 Å². The van der Waals surface area contributed by atoms with Crippen LogP contribution in [-0.2, 0) is 27.2 Å². The largest absolute Gasteiger partial charge is 0.481 e. The summed E-state index contributed by atoms with van der Waals surface area (Å²) in [5.41, 5.74) is 7.84. The lowest BCUT2D eigenvalue weighted by molar-refractivity contribution is -0.139. The molecule has 0 radical (unpaired) electrons. The van der Waals surface area contributed by atoms with E-state index in [1.165, 1.54) is 6.20 Å². The second kappa shape index (κ2) is 8.30. The Hall–Kier alpha value is -3.13. The molecule has 1 aromatic carbocycles. The highest BCUT2D eigenvalue weighted by atomic mass is 16.4. The van der Waals surface area contributed by atoms with Crippen LogP contribution in [0.15, 0.2) is 36.5 Å². The molecule has 0 aliphatic rings. The average molecular weight is 360 g/mol. The quantitative estimate of drug-likeness (QED) is 0.454. The molecule has 138 valence electrons. The third-order valence-electron chi connectivity index (χ3n) is 4.17. The van der Waals surface area contributed by atoms with Crippen molar-refractivity contribution in [1.29, 1.82) is 0 Å². The number of aromatic nitrogens is 1. The van der Waals surface area contributed by atoms with Gasteiger partial charge in [0.15, 0.2) is 0 Å². The molecule has 0 aliphatic heterocycles. The van der Waals surface area contributed by atoms with Crippen molar-refractivity contribution < 1.29 is 29.7 Å². The van der Waals surface area contributed by atoms with E-state index < -0.39 is 29.9 Å². The molecule has 26 heavy (non-hydrogen) atoms. The number of carbonyl (C=O) groups is 3. The molecule has 1 heterocycles. The van der Waals surface area contributed by atoms with E-state index in [4.69, 9.17) is 10.8 Å². The second-order valence-electron chi connectivity index (χ2n) is 5.92. The van der Waals surface area contributed by atoms with E-state index in [9.17, 15) is 24.6 Å². The van der Waals surface area contributed by atoms with Gasteiger partial charge < -0.3 is 26.0 Å². The second-order valence-corrected chi connectivity index (χ2v) is 5.92. The maximum atomic E-state index is 11.8. The van der Waals surface area contributed by atoms with Crippen LogP contribution in [0.5, 0.6) is 0 Å². The van der Waals surface area contributed by atoms with Crippen molar-refractivity contribution in [2.75, 3.05) is 0 Å². The summed E-state index contributed by atoms with van der Waals surface area (Å²) in [6.45, 7) is 0. The van der Waals surface area contributed by atoms with Gasteiger partial charge >= 0.3 is 17.9 Å². The Labute approximate surface area is 149 Å². The molecule has 0 fully saturated rings. The van der Waals surface area contributed by atoms with Crippen molar-refractivity contribution in [1.82, 2.24) is 4.98 Å². The van der Waals surface area contributed by atoms with Gasteiger partial charge in [-0.25, -0.2) is 0 Å². The molecule has 2 atom stereocenters. The summed E-state index contributed by atoms with van der Waals surface area (Å²) in [6, 6.07) is 7.42. The summed E-state index contributed by atoms with van der Waals surface area (Å²) in [6.07, 6.45) is 1.09. The van der Waals surface area contributed by atoms with Gasteiger partial charge in [-0.3, -0.25) is 14.4 Å². The van der Waals surface area contributed by atoms with Crippen LogP contribution in [0.1, 0.15) is 40.8 Å². The smallest absolute Gasteiger partial charge is 0.312 e. The van der Waals surface area contributed by atoms with Gasteiger partial charge in [-0.05, 0) is 23.1 Å². The molecule has 0 aliphatic carbocycles. The van der Waals surface area contributed by atoms with Gasteiger partial charge in [0, 0.05) is 18.3 Å². The average Bonchev–Trinajstić information content (AvgIpc) is 2.95. The van der Waals surface area contributed by atoms with Crippen molar-refractivity contribution in [2.24, 2.45) is 5.73 Å². The molecular weight excluding hydrogens is 340 g/mol. The molecule has 0 saturated carbocycles. The maximum Gasteiger partial charge on any atom is 0.312 e. The lowest BCUT2D eigenvalue weighted by atomic mass is 9.87. The maximum absolute atomic E-state index is 11.8. The number of rotatable bonds is 9. The molecular formula is C18H20N2O6. The van der Waals surface area contributed by atoms with Crippen LogP contribution in [0.3, 0.4) is 0 Å². The number of aliphatic carboxylic acids is 3. The van der Waals surface area contributed by atoms with Crippen molar-refractivity contribution >= 4 is 17.9 Å². The Morgan fingerprint density at radius 3 is 2.23 bits per heavy atom. The van der Waals surface area contributed by atoms with Gasteiger partial charge in [-0.1, -0.05) is 30.3 Å². The first-order valence-corrected chi connectivity index (χ1v) is 7.97. The molecule has 2 unspecified atom stereocenters. The van der Waals surface area contributed by atoms with Crippen molar-refractivity contribution in [3.8, 4) is 0 Å². The van der Waals surface area contributed by atoms with Gasteiger partial charge in [0.25, 0.3) is 0 Å². The van der Waals surface area contributed by atoms with Crippen molar-refractivity contribution in [3.05, 3.63) is 58.9 Å². The number of benzene rings is 1. The van der Waals surface area contributed by atoms with E-state index in [0.717, 1.165) is 0 Å². The van der Waals surface area contributed by atoms with Crippen LogP contribution >= 0.6 is 0 Å². The fraction of sp³-hybridized carbons (Fsp3) is 0.278. The normalized spacial score (nSPS) is 13.1. The molecule has 1 aromatic heterocycles. The first-order chi connectivity index (χ1) is 12.3. The lowest BCUT2D eigenvalue weighted by Gasteiger charge is -2.21. The number of nitrogens with two attached hydrogens (primary N) is 1. The van der Waals surface area contributed by atoms with Crippen LogP contribution in [0.2, 0.25) is 0 Å². The van der Waals surface area contributed by atoms with E-state index in [-0.39, 0.29) is 19.3 Å². The van der Waals surface area contributed by atoms with E-state index in [2.05, 4.69) is 4.98 Å². The third-order valence-corrected chi connectivity index (χ3v) is 4.17. The zero-order valence-electron chi connectivity index (χ0n) is 13.9. The fourth-order valence-corrected chi connectivity index (χ4v) is 2.96. The molecule has 8 nitrogen and oxygen atoms in total. The molecule has 0 bridgehead atoms. The number of H-pyrrole nitrogens is 1. The topological polar surface area (TPSA) is 154 Å². The predicted octanol–water partition coefficient (Wildman–Crippen LogP) is 1.53. The van der Waals surface area contributed by atoms with Gasteiger partial charge in [0.2, 0.25) is 0 Å². The number of carboxylic acids is 3. The van der Waals surface area contributed by atoms with E-state index in [1.54, 1.807) is 30.3 Å². The molecule has 2 rings (SSSR count). The molecule has 0 spiro atoms. The monoisotopic (exact) mass is 360 g/mol. The highest BCUT2D eigenvalue weighted by Crippen LogP contribution is 2.32. The van der Waals surface area contributed by atoms with Gasteiger partial charge in [0.05, 0.1) is 12.5 Å². The Bertz CT molecular complexity index is 799. The van der Waals surface area contributed by atoms with E-state index in [1.807, 2.05) is 0 Å². The summed E-state index contributed by atoms with van der Waals surface area (Å²) in [5.74, 6) is -4.33. The van der Waals surface area contributed by atoms with Crippen LogP contribution in [-0.4, -0.2) is 38.2 Å². The Morgan fingerprint density at radius 1 is 1.04 bits per heavy atom. The number of aryl methyl sites for hydroxylation is 1. The van der Waals surface area contributed by atoms with Crippen LogP contribution in [0.4, 0.5) is 0 Å². The minimum atomic E-state index is -1.13. The summed E-state index contributed by atoms with van der Waals surface area (Å²) >= 11 is 0. The fourth-order valence-electron chi connectivity index (χ4n) is 2.96. The number of hydrogen-bond acceptors (Lipinski definition) is 4. The Kier molecular flexibility index (Phi) is 6.13. The lowest BCUT2D eigenvalue weighted by Crippen LogP contribution is -2.28. The molecule has 0 saturated heterocycles. The number of carboxylic acid groups (broad SMARTS) is 3. The minimum Gasteiger partial charge on any atom is -0.481 e. The number of aromatic amines is 1. The molecule has 2 aromatic rings. The third kappa shape index (κ3) is 4.48. The standard InChI is InChI=1S/C18H20N2O6/c19-16(15(18(25)26)10-4-2-1-3-5-10)17-12(8-14(23)24)11(9-20-17)6-7-13(21)22/h1-5,9,15-16,20H,6-8,19H2,(H,21,22)(H,23,24)(H,25,26). The molecule has 6 N–H and O–H groups in total. The van der Waals surface area contributed by atoms with Gasteiger partial charge in [-0.15, -0.1) is 0 Å². The summed E-state index contributed by atoms with van der Waals surface area (Å²) in [4.78, 5) is 36.7. The summed E-state index contributed by atoms with van der Waals surface area (Å²) in [7, 11) is 0. The van der Waals surface area contributed by atoms with Crippen LogP contribution in [0, 0.1) is 0 Å². The number of hydrogen-bond donors (Lipinski definition) is 5. The Morgan fingerprint density at radius 2 is 1.69 bits per heavy atom. The number of nitrogens with one attached hydrogen (secondary N) is 1. The predicted molar refractivity (Wildman–Crippen MR) is 91.8 cm³/mol. The van der Waals surface area contributed by atoms with Crippen LogP contribution < -0.4 is 5.73 Å². The minimum absolute atomic E-state index is 0.129. The zero-order valence-corrected chi connectivity index (χ0v) is 13.9.